The Hall–Kier alpha value is -1.59. The first-order chi connectivity index (χ1) is 9.54. The van der Waals surface area contributed by atoms with Gasteiger partial charge in [-0.3, -0.25) is 4.79 Å². The molecule has 1 aliphatic carbocycles. The van der Waals surface area contributed by atoms with Crippen LogP contribution >= 0.6 is 0 Å². The number of aliphatic hydroxyl groups is 2. The molecule has 0 aromatic carbocycles. The molecular weight excluding hydrogens is 258 g/mol. The van der Waals surface area contributed by atoms with Crippen LogP contribution in [0.15, 0.2) is 22.6 Å². The molecule has 2 N–H and O–H groups in total. The number of carbonyl (C=O) groups is 1. The zero-order valence-corrected chi connectivity index (χ0v) is 11.4. The summed E-state index contributed by atoms with van der Waals surface area (Å²) >= 11 is 0. The van der Waals surface area contributed by atoms with Gasteiger partial charge in [0.1, 0.15) is 11.5 Å². The van der Waals surface area contributed by atoms with E-state index in [4.69, 9.17) is 4.42 Å². The van der Waals surface area contributed by atoms with Crippen molar-refractivity contribution in [1.29, 1.82) is 0 Å². The number of amides is 1. The minimum Gasteiger partial charge on any atom is -0.461 e. The molecule has 3 rings (SSSR count). The van der Waals surface area contributed by atoms with Gasteiger partial charge in [0.25, 0.3) is 0 Å². The molecule has 2 heterocycles. The number of aliphatic hydroxyl groups excluding tert-OH is 2. The number of β-amino-alcohol motifs (C(OH)–C–C–N with tert-alkyl or cyclic N) is 2. The molecule has 0 bridgehead atoms. The normalized spacial score (nSPS) is 33.0. The summed E-state index contributed by atoms with van der Waals surface area (Å²) in [4.78, 5) is 13.3. The van der Waals surface area contributed by atoms with Crippen LogP contribution < -0.4 is 0 Å². The third-order valence-electron chi connectivity index (χ3n) is 4.08. The second-order valence-electron chi connectivity index (χ2n) is 5.77. The largest absolute Gasteiger partial charge is 0.461 e. The third-order valence-corrected chi connectivity index (χ3v) is 4.08. The Bertz CT molecular complexity index is 526. The number of hydrogen-bond acceptors (Lipinski definition) is 4. The van der Waals surface area contributed by atoms with E-state index in [1.165, 1.54) is 17.4 Å². The van der Waals surface area contributed by atoms with Gasteiger partial charge in [-0.25, -0.2) is 0 Å². The van der Waals surface area contributed by atoms with Gasteiger partial charge in [0.2, 0.25) is 5.91 Å². The molecule has 4 unspecified atom stereocenters. The summed E-state index contributed by atoms with van der Waals surface area (Å²) in [5.41, 5.74) is 0. The van der Waals surface area contributed by atoms with Crippen molar-refractivity contribution in [3.8, 4) is 0 Å². The smallest absolute Gasteiger partial charge is 0.246 e. The van der Waals surface area contributed by atoms with Crippen molar-refractivity contribution in [3.63, 3.8) is 0 Å². The Kier molecular flexibility index (Phi) is 3.40. The lowest BCUT2D eigenvalue weighted by Gasteiger charge is -2.11. The van der Waals surface area contributed by atoms with Crippen molar-refractivity contribution < 1.29 is 19.4 Å². The molecular formula is C15H19NO4. The molecule has 1 saturated heterocycles. The van der Waals surface area contributed by atoms with Crippen LogP contribution in [0.25, 0.3) is 6.08 Å². The fourth-order valence-electron chi connectivity index (χ4n) is 2.58. The van der Waals surface area contributed by atoms with Crippen molar-refractivity contribution in [3.05, 3.63) is 29.7 Å². The van der Waals surface area contributed by atoms with Crippen molar-refractivity contribution in [2.45, 2.75) is 31.5 Å². The van der Waals surface area contributed by atoms with Crippen molar-refractivity contribution in [1.82, 2.24) is 4.90 Å². The highest BCUT2D eigenvalue weighted by Crippen LogP contribution is 2.47. The molecule has 108 valence electrons. The summed E-state index contributed by atoms with van der Waals surface area (Å²) in [6, 6.07) is 3.82. The first-order valence-electron chi connectivity index (χ1n) is 6.97. The van der Waals surface area contributed by atoms with Crippen LogP contribution in [-0.2, 0) is 4.79 Å². The number of hydrogen-bond donors (Lipinski definition) is 2. The number of carbonyl (C=O) groups excluding carboxylic acids is 1. The lowest BCUT2D eigenvalue weighted by Crippen LogP contribution is -2.27. The van der Waals surface area contributed by atoms with Crippen LogP contribution in [0.1, 0.15) is 30.8 Å². The molecule has 1 aromatic rings. The summed E-state index contributed by atoms with van der Waals surface area (Å²) in [5.74, 6) is 2.63. The van der Waals surface area contributed by atoms with Crippen LogP contribution in [0.5, 0.6) is 0 Å². The molecule has 4 atom stereocenters. The van der Waals surface area contributed by atoms with E-state index in [0.29, 0.717) is 17.6 Å². The Balaban J connectivity index is 1.59. The van der Waals surface area contributed by atoms with E-state index in [1.807, 2.05) is 12.1 Å². The van der Waals surface area contributed by atoms with Gasteiger partial charge in [0, 0.05) is 25.1 Å². The highest BCUT2D eigenvalue weighted by atomic mass is 16.3. The van der Waals surface area contributed by atoms with Crippen LogP contribution in [0.2, 0.25) is 0 Å². The van der Waals surface area contributed by atoms with E-state index in [9.17, 15) is 15.0 Å². The molecule has 0 radical (unpaired) electrons. The van der Waals surface area contributed by atoms with E-state index in [0.717, 1.165) is 5.76 Å². The first-order valence-corrected chi connectivity index (χ1v) is 6.97. The SMILES string of the molecule is CC1CC1c1ccc(/C=C/C(=O)N2CC(O)C(O)C2)o1. The van der Waals surface area contributed by atoms with Gasteiger partial charge in [-0.2, -0.15) is 0 Å². The fourth-order valence-corrected chi connectivity index (χ4v) is 2.58. The van der Waals surface area contributed by atoms with Crippen molar-refractivity contribution in [2.24, 2.45) is 5.92 Å². The number of likely N-dealkylation sites (tertiary alicyclic amines) is 1. The van der Waals surface area contributed by atoms with E-state index in [2.05, 4.69) is 6.92 Å². The highest BCUT2D eigenvalue weighted by molar-refractivity contribution is 5.91. The lowest BCUT2D eigenvalue weighted by atomic mass is 10.3. The van der Waals surface area contributed by atoms with Crippen LogP contribution in [0.3, 0.4) is 0 Å². The van der Waals surface area contributed by atoms with Gasteiger partial charge in [-0.15, -0.1) is 0 Å². The van der Waals surface area contributed by atoms with Gasteiger partial charge in [0.15, 0.2) is 0 Å². The predicted molar refractivity (Wildman–Crippen MR) is 72.9 cm³/mol. The maximum Gasteiger partial charge on any atom is 0.246 e. The number of furan rings is 1. The molecule has 5 nitrogen and oxygen atoms in total. The fraction of sp³-hybridized carbons (Fsp3) is 0.533. The van der Waals surface area contributed by atoms with E-state index in [1.54, 1.807) is 6.08 Å². The lowest BCUT2D eigenvalue weighted by molar-refractivity contribution is -0.125. The Morgan fingerprint density at radius 2 is 2.00 bits per heavy atom. The van der Waals surface area contributed by atoms with Gasteiger partial charge >= 0.3 is 0 Å². The van der Waals surface area contributed by atoms with Gasteiger partial charge in [0.05, 0.1) is 12.2 Å². The molecule has 2 aliphatic rings. The average molecular weight is 277 g/mol. The van der Waals surface area contributed by atoms with Crippen LogP contribution in [0.4, 0.5) is 0 Å². The van der Waals surface area contributed by atoms with Gasteiger partial charge < -0.3 is 19.5 Å². The van der Waals surface area contributed by atoms with E-state index >= 15 is 0 Å². The Morgan fingerprint density at radius 1 is 1.35 bits per heavy atom. The summed E-state index contributed by atoms with van der Waals surface area (Å²) in [6.07, 6.45) is 2.52. The zero-order chi connectivity index (χ0) is 14.3. The van der Waals surface area contributed by atoms with Crippen molar-refractivity contribution in [2.75, 3.05) is 13.1 Å². The van der Waals surface area contributed by atoms with E-state index in [-0.39, 0.29) is 19.0 Å². The maximum absolute atomic E-state index is 11.9. The van der Waals surface area contributed by atoms with Gasteiger partial charge in [-0.05, 0) is 30.5 Å². The summed E-state index contributed by atoms with van der Waals surface area (Å²) in [7, 11) is 0. The quantitative estimate of drug-likeness (QED) is 0.808. The molecule has 20 heavy (non-hydrogen) atoms. The monoisotopic (exact) mass is 277 g/mol. The maximum atomic E-state index is 11.9. The Labute approximate surface area is 117 Å². The highest BCUT2D eigenvalue weighted by Gasteiger charge is 2.36. The summed E-state index contributed by atoms with van der Waals surface area (Å²) < 4.78 is 5.68. The first kappa shape index (κ1) is 13.4. The molecule has 1 aromatic heterocycles. The molecule has 5 heteroatoms. The van der Waals surface area contributed by atoms with Crippen LogP contribution in [0, 0.1) is 5.92 Å². The zero-order valence-electron chi connectivity index (χ0n) is 11.4. The van der Waals surface area contributed by atoms with E-state index < -0.39 is 12.2 Å². The number of nitrogens with zero attached hydrogens (tertiary/aromatic N) is 1. The molecule has 1 amide bonds. The molecule has 1 saturated carbocycles. The molecule has 1 aliphatic heterocycles. The summed E-state index contributed by atoms with van der Waals surface area (Å²) in [6.45, 7) is 2.54. The molecule has 2 fully saturated rings. The van der Waals surface area contributed by atoms with Crippen molar-refractivity contribution >= 4 is 12.0 Å². The predicted octanol–water partition coefficient (Wildman–Crippen LogP) is 0.980. The topological polar surface area (TPSA) is 73.9 Å². The molecule has 0 spiro atoms. The second kappa shape index (κ2) is 5.07. The minimum atomic E-state index is -0.848. The number of rotatable bonds is 3. The second-order valence-corrected chi connectivity index (χ2v) is 5.77. The minimum absolute atomic E-state index is 0.174. The average Bonchev–Trinajstić information content (AvgIpc) is 2.85. The Morgan fingerprint density at radius 3 is 2.60 bits per heavy atom. The van der Waals surface area contributed by atoms with Crippen LogP contribution in [-0.4, -0.2) is 46.3 Å². The summed E-state index contributed by atoms with van der Waals surface area (Å²) in [5, 5.41) is 18.8. The van der Waals surface area contributed by atoms with Gasteiger partial charge in [-0.1, -0.05) is 6.92 Å². The third kappa shape index (κ3) is 2.64. The standard InChI is InChI=1S/C15H19NO4/c1-9-6-11(9)14-4-2-10(20-14)3-5-15(19)16-7-12(17)13(18)8-16/h2-5,9,11-13,17-18H,6-8H2,1H3/b5-3+.